The quantitative estimate of drug-likeness (QED) is 0.755. The molecule has 0 saturated carbocycles. The van der Waals surface area contributed by atoms with Gasteiger partial charge in [0.1, 0.15) is 0 Å². The Bertz CT molecular complexity index is 1050. The molecule has 2 aromatic rings. The van der Waals surface area contributed by atoms with Crippen LogP contribution in [0.15, 0.2) is 57.9 Å². The van der Waals surface area contributed by atoms with Crippen LogP contribution < -0.4 is 9.03 Å². The maximum atomic E-state index is 12.4. The third-order valence-corrected chi connectivity index (χ3v) is 7.59. The first-order valence-electron chi connectivity index (χ1n) is 7.62. The van der Waals surface area contributed by atoms with E-state index in [1.54, 1.807) is 18.2 Å². The van der Waals surface area contributed by atoms with E-state index in [0.717, 1.165) is 0 Å². The molecule has 1 amide bonds. The van der Waals surface area contributed by atoms with E-state index in [1.165, 1.54) is 34.6 Å². The summed E-state index contributed by atoms with van der Waals surface area (Å²) in [7, 11) is -7.42. The summed E-state index contributed by atoms with van der Waals surface area (Å²) < 4.78 is 52.6. The summed E-state index contributed by atoms with van der Waals surface area (Å²) in [6.45, 7) is 0.338. The van der Waals surface area contributed by atoms with Crippen LogP contribution in [0.4, 0.5) is 5.69 Å². The first-order chi connectivity index (χ1) is 12.2. The summed E-state index contributed by atoms with van der Waals surface area (Å²) in [5.74, 6) is -0.771. The summed E-state index contributed by atoms with van der Waals surface area (Å²) in [6, 6.07) is 11.7. The van der Waals surface area contributed by atoms with E-state index in [-0.39, 0.29) is 16.2 Å². The van der Waals surface area contributed by atoms with Crippen molar-refractivity contribution in [1.29, 1.82) is 0 Å². The van der Waals surface area contributed by atoms with E-state index < -0.39 is 26.0 Å². The SMILES string of the molecule is O=C(NS(=O)(=O)c1ccc(Br)cc1)c1cccc(N2CCCS2(=O)=O)c1. The lowest BCUT2D eigenvalue weighted by Crippen LogP contribution is -2.31. The Balaban J connectivity index is 1.84. The molecule has 26 heavy (non-hydrogen) atoms. The van der Waals surface area contributed by atoms with Crippen LogP contribution in [0, 0.1) is 0 Å². The lowest BCUT2D eigenvalue weighted by molar-refractivity contribution is 0.0981. The molecule has 1 saturated heterocycles. The van der Waals surface area contributed by atoms with E-state index in [1.807, 2.05) is 4.72 Å². The lowest BCUT2D eigenvalue weighted by atomic mass is 10.2. The van der Waals surface area contributed by atoms with E-state index in [9.17, 15) is 21.6 Å². The van der Waals surface area contributed by atoms with E-state index in [4.69, 9.17) is 0 Å². The van der Waals surface area contributed by atoms with Gasteiger partial charge in [0.15, 0.2) is 0 Å². The number of carbonyl (C=O) groups excluding carboxylic acids is 1. The molecule has 0 aliphatic carbocycles. The number of sulfonamides is 2. The zero-order chi connectivity index (χ0) is 18.9. The zero-order valence-corrected chi connectivity index (χ0v) is 16.6. The number of carbonyl (C=O) groups is 1. The highest BCUT2D eigenvalue weighted by molar-refractivity contribution is 9.10. The first kappa shape index (κ1) is 18.9. The minimum Gasteiger partial charge on any atom is -0.270 e. The molecule has 0 radical (unpaired) electrons. The van der Waals surface area contributed by atoms with Gasteiger partial charge in [0.25, 0.3) is 15.9 Å². The van der Waals surface area contributed by atoms with Crippen molar-refractivity contribution in [3.8, 4) is 0 Å². The summed E-state index contributed by atoms with van der Waals surface area (Å²) in [6.07, 6.45) is 0.511. The Labute approximate surface area is 160 Å². The predicted molar refractivity (Wildman–Crippen MR) is 101 cm³/mol. The van der Waals surface area contributed by atoms with E-state index in [2.05, 4.69) is 15.9 Å². The third-order valence-electron chi connectivity index (χ3n) is 3.85. The van der Waals surface area contributed by atoms with Crippen molar-refractivity contribution < 1.29 is 21.6 Å². The molecule has 0 aromatic heterocycles. The van der Waals surface area contributed by atoms with Gasteiger partial charge in [-0.15, -0.1) is 0 Å². The second-order valence-corrected chi connectivity index (χ2v) is 10.3. The molecule has 0 unspecified atom stereocenters. The Morgan fingerprint density at radius 1 is 1.12 bits per heavy atom. The average molecular weight is 459 g/mol. The fraction of sp³-hybridized carbons (Fsp3) is 0.188. The van der Waals surface area contributed by atoms with Gasteiger partial charge in [0.2, 0.25) is 10.0 Å². The van der Waals surface area contributed by atoms with Gasteiger partial charge in [0.05, 0.1) is 16.3 Å². The normalized spacial score (nSPS) is 16.4. The molecule has 1 fully saturated rings. The van der Waals surface area contributed by atoms with E-state index >= 15 is 0 Å². The van der Waals surface area contributed by atoms with Gasteiger partial charge in [-0.3, -0.25) is 9.10 Å². The molecule has 0 bridgehead atoms. The molecule has 1 N–H and O–H groups in total. The third kappa shape index (κ3) is 3.92. The van der Waals surface area contributed by atoms with Crippen LogP contribution in [0.25, 0.3) is 0 Å². The number of rotatable bonds is 4. The summed E-state index contributed by atoms with van der Waals surface area (Å²) in [5.41, 5.74) is 0.404. The minimum absolute atomic E-state index is 0.0488. The largest absolute Gasteiger partial charge is 0.270 e. The summed E-state index contributed by atoms with van der Waals surface area (Å²) >= 11 is 3.21. The van der Waals surface area contributed by atoms with Crippen molar-refractivity contribution >= 4 is 47.6 Å². The Morgan fingerprint density at radius 2 is 1.81 bits per heavy atom. The number of anilines is 1. The Hall–Kier alpha value is -1.91. The van der Waals surface area contributed by atoms with Crippen LogP contribution in [0.1, 0.15) is 16.8 Å². The molecule has 0 spiro atoms. The van der Waals surface area contributed by atoms with Crippen LogP contribution in [0.3, 0.4) is 0 Å². The van der Waals surface area contributed by atoms with Crippen LogP contribution >= 0.6 is 15.9 Å². The van der Waals surface area contributed by atoms with Crippen LogP contribution in [0.5, 0.6) is 0 Å². The van der Waals surface area contributed by atoms with Crippen molar-refractivity contribution in [1.82, 2.24) is 4.72 Å². The van der Waals surface area contributed by atoms with Gasteiger partial charge in [-0.05, 0) is 48.9 Å². The second kappa shape index (κ2) is 7.01. The van der Waals surface area contributed by atoms with Crippen molar-refractivity contribution in [2.24, 2.45) is 0 Å². The smallest absolute Gasteiger partial charge is 0.265 e. The van der Waals surface area contributed by atoms with Crippen molar-refractivity contribution in [2.75, 3.05) is 16.6 Å². The number of nitrogens with one attached hydrogen (secondary N) is 1. The van der Waals surface area contributed by atoms with Gasteiger partial charge in [-0.25, -0.2) is 21.6 Å². The molecule has 3 rings (SSSR count). The molecule has 1 aliphatic rings. The number of amides is 1. The highest BCUT2D eigenvalue weighted by Crippen LogP contribution is 2.25. The molecule has 7 nitrogen and oxygen atoms in total. The number of nitrogens with zero attached hydrogens (tertiary/aromatic N) is 1. The predicted octanol–water partition coefficient (Wildman–Crippen LogP) is 2.11. The highest BCUT2D eigenvalue weighted by atomic mass is 79.9. The maximum Gasteiger partial charge on any atom is 0.265 e. The molecule has 1 heterocycles. The van der Waals surface area contributed by atoms with E-state index in [0.29, 0.717) is 23.1 Å². The van der Waals surface area contributed by atoms with Gasteiger partial charge in [-0.1, -0.05) is 22.0 Å². The van der Waals surface area contributed by atoms with Crippen molar-refractivity contribution in [3.63, 3.8) is 0 Å². The Kier molecular flexibility index (Phi) is 5.09. The number of halogens is 1. The van der Waals surface area contributed by atoms with Gasteiger partial charge in [0, 0.05) is 16.6 Å². The van der Waals surface area contributed by atoms with Crippen molar-refractivity contribution in [3.05, 3.63) is 58.6 Å². The van der Waals surface area contributed by atoms with Crippen LogP contribution in [-0.2, 0) is 20.0 Å². The molecular formula is C16H15BrN2O5S2. The fourth-order valence-corrected chi connectivity index (χ4v) is 5.38. The molecule has 0 atom stereocenters. The fourth-order valence-electron chi connectivity index (χ4n) is 2.59. The first-order valence-corrected chi connectivity index (χ1v) is 11.5. The summed E-state index contributed by atoms with van der Waals surface area (Å²) in [4.78, 5) is 12.3. The average Bonchev–Trinajstić information content (AvgIpc) is 2.94. The maximum absolute atomic E-state index is 12.4. The Morgan fingerprint density at radius 3 is 2.42 bits per heavy atom. The van der Waals surface area contributed by atoms with Gasteiger partial charge < -0.3 is 0 Å². The van der Waals surface area contributed by atoms with Crippen LogP contribution in [0.2, 0.25) is 0 Å². The molecule has 2 aromatic carbocycles. The standard InChI is InChI=1S/C16H15BrN2O5S2/c17-13-5-7-15(8-6-13)26(23,24)18-16(20)12-3-1-4-14(11-12)19-9-2-10-25(19,21)22/h1,3-8,11H,2,9-10H2,(H,18,20). The number of hydrogen-bond donors (Lipinski definition) is 1. The van der Waals surface area contributed by atoms with Crippen LogP contribution in [-0.4, -0.2) is 35.0 Å². The minimum atomic E-state index is -4.03. The zero-order valence-electron chi connectivity index (χ0n) is 13.4. The molecular weight excluding hydrogens is 444 g/mol. The molecule has 138 valence electrons. The molecule has 10 heteroatoms. The highest BCUT2D eigenvalue weighted by Gasteiger charge is 2.29. The second-order valence-electron chi connectivity index (χ2n) is 5.68. The topological polar surface area (TPSA) is 101 Å². The molecule has 1 aliphatic heterocycles. The summed E-state index contributed by atoms with van der Waals surface area (Å²) in [5, 5.41) is 0. The van der Waals surface area contributed by atoms with Gasteiger partial charge in [-0.2, -0.15) is 0 Å². The number of benzene rings is 2. The van der Waals surface area contributed by atoms with Crippen molar-refractivity contribution in [2.45, 2.75) is 11.3 Å². The van der Waals surface area contributed by atoms with Gasteiger partial charge >= 0.3 is 0 Å². The lowest BCUT2D eigenvalue weighted by Gasteiger charge is -2.17. The monoisotopic (exact) mass is 458 g/mol. The number of hydrogen-bond acceptors (Lipinski definition) is 5.